The van der Waals surface area contributed by atoms with Crippen LogP contribution in [0, 0.1) is 0 Å². The zero-order chi connectivity index (χ0) is 55.7. The van der Waals surface area contributed by atoms with E-state index in [2.05, 4.69) is 154 Å². The molecule has 0 aliphatic carbocycles. The van der Waals surface area contributed by atoms with Crippen molar-refractivity contribution < 1.29 is 28.6 Å². The summed E-state index contributed by atoms with van der Waals surface area (Å²) in [4.78, 5) is 38.0. The van der Waals surface area contributed by atoms with E-state index >= 15 is 0 Å². The first kappa shape index (κ1) is 72.5. The first-order valence-electron chi connectivity index (χ1n) is 31.7. The Morgan fingerprint density at radius 3 is 0.805 bits per heavy atom. The number of rotatable bonds is 56. The van der Waals surface area contributed by atoms with E-state index in [9.17, 15) is 14.4 Å². The van der Waals surface area contributed by atoms with E-state index in [0.29, 0.717) is 19.3 Å². The molecular formula is C71H116O6. The summed E-state index contributed by atoms with van der Waals surface area (Å²) < 4.78 is 16.8. The molecule has 0 amide bonds. The highest BCUT2D eigenvalue weighted by Crippen LogP contribution is 2.14. The van der Waals surface area contributed by atoms with Crippen LogP contribution in [0.25, 0.3) is 0 Å². The number of hydrogen-bond acceptors (Lipinski definition) is 6. The van der Waals surface area contributed by atoms with E-state index in [1.807, 2.05) is 0 Å². The van der Waals surface area contributed by atoms with E-state index in [0.717, 1.165) is 135 Å². The smallest absolute Gasteiger partial charge is 0.306 e. The van der Waals surface area contributed by atoms with Crippen LogP contribution in [0.4, 0.5) is 0 Å². The fraction of sp³-hybridized carbons (Fsp3) is 0.648. The van der Waals surface area contributed by atoms with E-state index in [1.54, 1.807) is 0 Å². The lowest BCUT2D eigenvalue weighted by atomic mass is 10.1. The van der Waals surface area contributed by atoms with Gasteiger partial charge in [0.05, 0.1) is 0 Å². The molecule has 0 bridgehead atoms. The molecule has 0 saturated heterocycles. The summed E-state index contributed by atoms with van der Waals surface area (Å²) in [5.74, 6) is -0.927. The molecule has 0 saturated carbocycles. The molecule has 0 rings (SSSR count). The lowest BCUT2D eigenvalue weighted by Gasteiger charge is -2.18. The molecule has 0 spiro atoms. The summed E-state index contributed by atoms with van der Waals surface area (Å²) >= 11 is 0. The molecule has 1 atom stereocenters. The fourth-order valence-corrected chi connectivity index (χ4v) is 8.41. The minimum atomic E-state index is -0.791. The van der Waals surface area contributed by atoms with Gasteiger partial charge in [0.25, 0.3) is 0 Å². The molecule has 0 aromatic rings. The van der Waals surface area contributed by atoms with E-state index < -0.39 is 6.10 Å². The highest BCUT2D eigenvalue weighted by Gasteiger charge is 2.19. The van der Waals surface area contributed by atoms with Gasteiger partial charge in [0.1, 0.15) is 13.2 Å². The molecule has 0 aliphatic rings. The van der Waals surface area contributed by atoms with Crippen LogP contribution in [-0.4, -0.2) is 37.2 Å². The van der Waals surface area contributed by atoms with Crippen molar-refractivity contribution in [1.82, 2.24) is 0 Å². The number of hydrogen-bond donors (Lipinski definition) is 0. The van der Waals surface area contributed by atoms with Crippen LogP contribution in [0.15, 0.2) is 134 Å². The Balaban J connectivity index is 4.20. The van der Waals surface area contributed by atoms with Crippen molar-refractivity contribution in [3.8, 4) is 0 Å². The van der Waals surface area contributed by atoms with Gasteiger partial charge in [-0.15, -0.1) is 0 Å². The molecule has 0 fully saturated rings. The van der Waals surface area contributed by atoms with Crippen LogP contribution in [0.2, 0.25) is 0 Å². The lowest BCUT2D eigenvalue weighted by Crippen LogP contribution is -2.30. The Bertz CT molecular complexity index is 1650. The molecule has 1 unspecified atom stereocenters. The minimum Gasteiger partial charge on any atom is -0.462 e. The number of carbonyl (C=O) groups excluding carboxylic acids is 3. The number of unbranched alkanes of at least 4 members (excludes halogenated alkanes) is 23. The standard InChI is InChI=1S/C71H116O6/c1-4-7-10-13-16-18-20-22-24-26-27-28-29-30-31-32-33-34-35-36-37-38-39-40-41-42-43-45-46-48-50-52-55-58-61-64-70(73)76-67-68(66-75-69(72)63-60-57-54-15-12-9-6-3)77-71(74)65-62-59-56-53-51-49-47-44-25-23-21-19-17-14-11-8-5-2/h7,10,16,18,22-25,27-28,30-31,33-34,36-37,39-40,42-43,46,48,68H,4-6,8-9,11-15,17,19-21,26,29,32,35,38,41,44-45,47,49-67H2,1-3H3/b10-7-,18-16-,24-22-,25-23-,28-27-,31-30-,34-33-,37-36-,40-39-,43-42-,48-46-. The van der Waals surface area contributed by atoms with Gasteiger partial charge in [-0.25, -0.2) is 0 Å². The minimum absolute atomic E-state index is 0.0892. The highest BCUT2D eigenvalue weighted by atomic mass is 16.6. The molecular weight excluding hydrogens is 949 g/mol. The molecule has 0 radical (unpaired) electrons. The highest BCUT2D eigenvalue weighted by molar-refractivity contribution is 5.71. The van der Waals surface area contributed by atoms with Crippen LogP contribution in [-0.2, 0) is 28.6 Å². The largest absolute Gasteiger partial charge is 0.462 e. The third-order valence-corrected chi connectivity index (χ3v) is 13.1. The topological polar surface area (TPSA) is 78.9 Å². The average molecular weight is 1070 g/mol. The van der Waals surface area contributed by atoms with Crippen LogP contribution < -0.4 is 0 Å². The van der Waals surface area contributed by atoms with Crippen LogP contribution in [0.5, 0.6) is 0 Å². The number of esters is 3. The first-order valence-corrected chi connectivity index (χ1v) is 31.7. The molecule has 0 heterocycles. The Morgan fingerprint density at radius 2 is 0.506 bits per heavy atom. The van der Waals surface area contributed by atoms with Gasteiger partial charge in [0.2, 0.25) is 0 Å². The van der Waals surface area contributed by atoms with Crippen molar-refractivity contribution in [1.29, 1.82) is 0 Å². The predicted molar refractivity (Wildman–Crippen MR) is 334 cm³/mol. The Labute approximate surface area is 475 Å². The third-order valence-electron chi connectivity index (χ3n) is 13.1. The van der Waals surface area contributed by atoms with Crippen molar-refractivity contribution in [2.45, 2.75) is 284 Å². The predicted octanol–water partition coefficient (Wildman–Crippen LogP) is 21.8. The van der Waals surface area contributed by atoms with Crippen LogP contribution in [0.1, 0.15) is 278 Å². The summed E-state index contributed by atoms with van der Waals surface area (Å²) in [6, 6.07) is 0. The van der Waals surface area contributed by atoms with Crippen molar-refractivity contribution in [3.05, 3.63) is 134 Å². The number of ether oxygens (including phenoxy) is 3. The van der Waals surface area contributed by atoms with Gasteiger partial charge in [0.15, 0.2) is 6.10 Å². The molecule has 77 heavy (non-hydrogen) atoms. The van der Waals surface area contributed by atoms with E-state index in [4.69, 9.17) is 14.2 Å². The van der Waals surface area contributed by atoms with Gasteiger partial charge in [-0.2, -0.15) is 0 Å². The average Bonchev–Trinajstić information content (AvgIpc) is 3.43. The molecule has 0 aliphatic heterocycles. The Kier molecular flexibility index (Phi) is 60.4. The fourth-order valence-electron chi connectivity index (χ4n) is 8.41. The number of carbonyl (C=O) groups is 3. The second-order valence-corrected chi connectivity index (χ2v) is 20.6. The summed E-state index contributed by atoms with van der Waals surface area (Å²) in [5, 5.41) is 0. The van der Waals surface area contributed by atoms with Crippen molar-refractivity contribution in [3.63, 3.8) is 0 Å². The van der Waals surface area contributed by atoms with Crippen LogP contribution in [0.3, 0.4) is 0 Å². The van der Waals surface area contributed by atoms with Crippen molar-refractivity contribution in [2.75, 3.05) is 13.2 Å². The maximum Gasteiger partial charge on any atom is 0.306 e. The molecule has 0 aromatic heterocycles. The second-order valence-electron chi connectivity index (χ2n) is 20.6. The molecule has 436 valence electrons. The second kappa shape index (κ2) is 64.1. The molecule has 6 heteroatoms. The molecule has 0 aromatic carbocycles. The zero-order valence-electron chi connectivity index (χ0n) is 49.9. The SMILES string of the molecule is CC/C=C\C/C=C\C/C=C\C/C=C\C/C=C\C/C=C\C/C=C\C/C=C\C/C=C\C/C=C\CCCCCCC(=O)OCC(COC(=O)CCCCCCCCC)OC(=O)CCCCCCCCC/C=C\CCCCCCCC. The molecule has 0 N–H and O–H groups in total. The van der Waals surface area contributed by atoms with Crippen LogP contribution >= 0.6 is 0 Å². The van der Waals surface area contributed by atoms with Gasteiger partial charge in [0, 0.05) is 19.3 Å². The lowest BCUT2D eigenvalue weighted by molar-refractivity contribution is -0.167. The van der Waals surface area contributed by atoms with Gasteiger partial charge in [-0.1, -0.05) is 270 Å². The Hall–Kier alpha value is -4.45. The summed E-state index contributed by atoms with van der Waals surface area (Å²) in [6.45, 7) is 6.45. The zero-order valence-corrected chi connectivity index (χ0v) is 49.9. The summed E-state index contributed by atoms with van der Waals surface area (Å²) in [6.07, 6.45) is 90.5. The quantitative estimate of drug-likeness (QED) is 0.0261. The van der Waals surface area contributed by atoms with Crippen molar-refractivity contribution in [2.24, 2.45) is 0 Å². The molecule has 6 nitrogen and oxygen atoms in total. The van der Waals surface area contributed by atoms with Gasteiger partial charge < -0.3 is 14.2 Å². The maximum absolute atomic E-state index is 12.8. The van der Waals surface area contributed by atoms with Gasteiger partial charge in [-0.05, 0) is 122 Å². The first-order chi connectivity index (χ1) is 38.0. The van der Waals surface area contributed by atoms with Gasteiger partial charge in [-0.3, -0.25) is 14.4 Å². The summed E-state index contributed by atoms with van der Waals surface area (Å²) in [5.41, 5.74) is 0. The Morgan fingerprint density at radius 1 is 0.273 bits per heavy atom. The van der Waals surface area contributed by atoms with Gasteiger partial charge >= 0.3 is 17.9 Å². The van der Waals surface area contributed by atoms with E-state index in [1.165, 1.54) is 103 Å². The monoisotopic (exact) mass is 1060 g/mol. The third kappa shape index (κ3) is 62.3. The normalized spacial score (nSPS) is 13.0. The summed E-state index contributed by atoms with van der Waals surface area (Å²) in [7, 11) is 0. The number of allylic oxidation sites excluding steroid dienone is 22. The van der Waals surface area contributed by atoms with E-state index in [-0.39, 0.29) is 31.1 Å². The van der Waals surface area contributed by atoms with Crippen molar-refractivity contribution >= 4 is 17.9 Å². The maximum atomic E-state index is 12.8.